The largest absolute Gasteiger partial charge is 0.269 e. The van der Waals surface area contributed by atoms with Gasteiger partial charge in [0.25, 0.3) is 5.69 Å². The molecule has 0 unspecified atom stereocenters. The number of aryl methyl sites for hydroxylation is 1. The van der Waals surface area contributed by atoms with E-state index in [0.29, 0.717) is 0 Å². The van der Waals surface area contributed by atoms with Gasteiger partial charge in [0.2, 0.25) is 0 Å². The zero-order valence-electron chi connectivity index (χ0n) is 9.59. The van der Waals surface area contributed by atoms with Gasteiger partial charge in [0.05, 0.1) is 4.92 Å². The van der Waals surface area contributed by atoms with Crippen LogP contribution in [-0.4, -0.2) is 4.92 Å². The summed E-state index contributed by atoms with van der Waals surface area (Å²) in [4.78, 5) is 10.4. The SMILES string of the molecule is Cc1ccc([N+](=O)[O-])cc1Cc1ccccc1. The molecule has 0 heterocycles. The first-order valence-electron chi connectivity index (χ1n) is 5.44. The summed E-state index contributed by atoms with van der Waals surface area (Å²) < 4.78 is 0. The van der Waals surface area contributed by atoms with E-state index in [1.54, 1.807) is 18.2 Å². The van der Waals surface area contributed by atoms with Crippen molar-refractivity contribution in [2.24, 2.45) is 0 Å². The molecule has 0 aliphatic carbocycles. The van der Waals surface area contributed by atoms with Crippen molar-refractivity contribution < 1.29 is 4.92 Å². The van der Waals surface area contributed by atoms with Crippen LogP contribution in [-0.2, 0) is 6.42 Å². The van der Waals surface area contributed by atoms with Crippen LogP contribution in [0.1, 0.15) is 16.7 Å². The van der Waals surface area contributed by atoms with E-state index in [2.05, 4.69) is 0 Å². The van der Waals surface area contributed by atoms with Crippen LogP contribution in [0.5, 0.6) is 0 Å². The molecular weight excluding hydrogens is 214 g/mol. The maximum atomic E-state index is 10.7. The topological polar surface area (TPSA) is 43.1 Å². The predicted octanol–water partition coefficient (Wildman–Crippen LogP) is 3.49. The van der Waals surface area contributed by atoms with Gasteiger partial charge >= 0.3 is 0 Å². The second kappa shape index (κ2) is 4.78. The lowest BCUT2D eigenvalue weighted by Crippen LogP contribution is -1.95. The quantitative estimate of drug-likeness (QED) is 0.595. The first-order valence-corrected chi connectivity index (χ1v) is 5.44. The van der Waals surface area contributed by atoms with Crippen LogP contribution in [0.3, 0.4) is 0 Å². The Morgan fingerprint density at radius 2 is 1.82 bits per heavy atom. The third-order valence-corrected chi connectivity index (χ3v) is 2.78. The molecule has 0 radical (unpaired) electrons. The van der Waals surface area contributed by atoms with Gasteiger partial charge in [-0.25, -0.2) is 0 Å². The van der Waals surface area contributed by atoms with Gasteiger partial charge in [-0.3, -0.25) is 10.1 Å². The van der Waals surface area contributed by atoms with Crippen LogP contribution in [0.2, 0.25) is 0 Å². The van der Waals surface area contributed by atoms with Crippen LogP contribution in [0.25, 0.3) is 0 Å². The van der Waals surface area contributed by atoms with Crippen molar-refractivity contribution in [3.63, 3.8) is 0 Å². The van der Waals surface area contributed by atoms with Gasteiger partial charge in [-0.15, -0.1) is 0 Å². The molecule has 2 aromatic carbocycles. The second-order valence-corrected chi connectivity index (χ2v) is 4.03. The van der Waals surface area contributed by atoms with Gasteiger partial charge in [-0.05, 0) is 30.0 Å². The highest BCUT2D eigenvalue weighted by atomic mass is 16.6. The highest BCUT2D eigenvalue weighted by Crippen LogP contribution is 2.20. The summed E-state index contributed by atoms with van der Waals surface area (Å²) in [5.74, 6) is 0. The smallest absolute Gasteiger partial charge is 0.258 e. The molecule has 0 bridgehead atoms. The van der Waals surface area contributed by atoms with E-state index in [0.717, 1.165) is 23.1 Å². The fourth-order valence-electron chi connectivity index (χ4n) is 1.78. The van der Waals surface area contributed by atoms with Gasteiger partial charge in [0, 0.05) is 12.1 Å². The third kappa shape index (κ3) is 2.69. The second-order valence-electron chi connectivity index (χ2n) is 4.03. The Balaban J connectivity index is 2.32. The third-order valence-electron chi connectivity index (χ3n) is 2.78. The van der Waals surface area contributed by atoms with Crippen molar-refractivity contribution in [1.29, 1.82) is 0 Å². The Bertz CT molecular complexity index is 535. The van der Waals surface area contributed by atoms with Gasteiger partial charge in [0.1, 0.15) is 0 Å². The summed E-state index contributed by atoms with van der Waals surface area (Å²) in [5, 5.41) is 10.7. The Hall–Kier alpha value is -2.16. The van der Waals surface area contributed by atoms with Crippen molar-refractivity contribution in [2.45, 2.75) is 13.3 Å². The average molecular weight is 227 g/mol. The average Bonchev–Trinajstić information content (AvgIpc) is 2.33. The molecule has 0 saturated carbocycles. The molecule has 0 aliphatic rings. The number of nitro groups is 1. The monoisotopic (exact) mass is 227 g/mol. The molecular formula is C14H13NO2. The number of non-ortho nitro benzene ring substituents is 1. The van der Waals surface area contributed by atoms with Gasteiger partial charge in [0.15, 0.2) is 0 Å². The number of hydrogen-bond donors (Lipinski definition) is 0. The Morgan fingerprint density at radius 1 is 1.12 bits per heavy atom. The normalized spacial score (nSPS) is 10.2. The number of rotatable bonds is 3. The molecule has 0 saturated heterocycles. The molecule has 3 heteroatoms. The minimum Gasteiger partial charge on any atom is -0.258 e. The van der Waals surface area contributed by atoms with Gasteiger partial charge < -0.3 is 0 Å². The molecule has 0 aliphatic heterocycles. The molecule has 0 aromatic heterocycles. The van der Waals surface area contributed by atoms with Crippen LogP contribution in [0.4, 0.5) is 5.69 Å². The number of nitrogens with zero attached hydrogens (tertiary/aromatic N) is 1. The first kappa shape index (κ1) is 11.3. The number of hydrogen-bond acceptors (Lipinski definition) is 2. The maximum Gasteiger partial charge on any atom is 0.269 e. The summed E-state index contributed by atoms with van der Waals surface area (Å²) in [5.41, 5.74) is 3.41. The molecule has 0 atom stereocenters. The summed E-state index contributed by atoms with van der Waals surface area (Å²) in [7, 11) is 0. The molecule has 0 fully saturated rings. The molecule has 2 aromatic rings. The lowest BCUT2D eigenvalue weighted by molar-refractivity contribution is -0.384. The van der Waals surface area contributed by atoms with Crippen LogP contribution in [0, 0.1) is 17.0 Å². The molecule has 0 amide bonds. The fourth-order valence-corrected chi connectivity index (χ4v) is 1.78. The molecule has 3 nitrogen and oxygen atoms in total. The summed E-state index contributed by atoms with van der Waals surface area (Å²) in [6.07, 6.45) is 0.731. The van der Waals surface area contributed by atoms with E-state index in [4.69, 9.17) is 0 Å². The zero-order chi connectivity index (χ0) is 12.3. The highest BCUT2D eigenvalue weighted by Gasteiger charge is 2.08. The minimum absolute atomic E-state index is 0.154. The predicted molar refractivity (Wildman–Crippen MR) is 67.1 cm³/mol. The standard InChI is InChI=1S/C14H13NO2/c1-11-7-8-14(15(16)17)10-13(11)9-12-5-3-2-4-6-12/h2-8,10H,9H2,1H3. The van der Waals surface area contributed by atoms with Crippen molar-refractivity contribution in [1.82, 2.24) is 0 Å². The minimum atomic E-state index is -0.353. The summed E-state index contributed by atoms with van der Waals surface area (Å²) in [6.45, 7) is 1.97. The van der Waals surface area contributed by atoms with Gasteiger partial charge in [-0.2, -0.15) is 0 Å². The van der Waals surface area contributed by atoms with Crippen molar-refractivity contribution in [3.05, 3.63) is 75.3 Å². The Labute approximate surface area is 99.9 Å². The van der Waals surface area contributed by atoms with E-state index < -0.39 is 0 Å². The lowest BCUT2D eigenvalue weighted by atomic mass is 10.00. The Kier molecular flexibility index (Phi) is 3.19. The van der Waals surface area contributed by atoms with E-state index in [9.17, 15) is 10.1 Å². The van der Waals surface area contributed by atoms with Crippen LogP contribution in [0.15, 0.2) is 48.5 Å². The van der Waals surface area contributed by atoms with Gasteiger partial charge in [-0.1, -0.05) is 36.4 Å². The van der Waals surface area contributed by atoms with Crippen LogP contribution < -0.4 is 0 Å². The summed E-state index contributed by atoms with van der Waals surface area (Å²) in [6, 6.07) is 15.0. The van der Waals surface area contributed by atoms with E-state index in [-0.39, 0.29) is 10.6 Å². The Morgan fingerprint density at radius 3 is 2.47 bits per heavy atom. The lowest BCUT2D eigenvalue weighted by Gasteiger charge is -2.05. The van der Waals surface area contributed by atoms with Crippen molar-refractivity contribution in [3.8, 4) is 0 Å². The van der Waals surface area contributed by atoms with Crippen molar-refractivity contribution in [2.75, 3.05) is 0 Å². The number of benzene rings is 2. The maximum absolute atomic E-state index is 10.7. The van der Waals surface area contributed by atoms with Crippen molar-refractivity contribution >= 4 is 5.69 Å². The fraction of sp³-hybridized carbons (Fsp3) is 0.143. The highest BCUT2D eigenvalue weighted by molar-refractivity contribution is 5.41. The van der Waals surface area contributed by atoms with E-state index in [1.807, 2.05) is 37.3 Å². The molecule has 17 heavy (non-hydrogen) atoms. The van der Waals surface area contributed by atoms with Crippen LogP contribution >= 0.6 is 0 Å². The zero-order valence-corrected chi connectivity index (χ0v) is 9.59. The van der Waals surface area contributed by atoms with E-state index in [1.165, 1.54) is 0 Å². The molecule has 0 spiro atoms. The first-order chi connectivity index (χ1) is 8.16. The summed E-state index contributed by atoms with van der Waals surface area (Å²) >= 11 is 0. The van der Waals surface area contributed by atoms with E-state index >= 15 is 0 Å². The number of nitro benzene ring substituents is 1. The molecule has 86 valence electrons. The molecule has 2 rings (SSSR count). The molecule has 0 N–H and O–H groups in total.